The molecule has 0 saturated heterocycles. The van der Waals surface area contributed by atoms with Crippen LogP contribution in [0.25, 0.3) is 0 Å². The van der Waals surface area contributed by atoms with Crippen molar-refractivity contribution in [2.24, 2.45) is 5.92 Å². The van der Waals surface area contributed by atoms with E-state index in [2.05, 4.69) is 27.2 Å². The van der Waals surface area contributed by atoms with Gasteiger partial charge in [0.1, 0.15) is 0 Å². The van der Waals surface area contributed by atoms with Gasteiger partial charge >= 0.3 is 21.7 Å². The monoisotopic (exact) mass is 330 g/mol. The molecule has 0 aromatic rings. The molecule has 1 unspecified atom stereocenters. The molecule has 0 aromatic heterocycles. The molecule has 120 valence electrons. The molecule has 0 fully saturated rings. The first-order valence-electron chi connectivity index (χ1n) is 7.28. The molecule has 0 aliphatic heterocycles. The maximum absolute atomic E-state index is 8.25. The van der Waals surface area contributed by atoms with Crippen LogP contribution in [0.1, 0.15) is 52.9 Å². The fourth-order valence-corrected chi connectivity index (χ4v) is 3.19. The van der Waals surface area contributed by atoms with Gasteiger partial charge in [0.05, 0.1) is 0 Å². The summed E-state index contributed by atoms with van der Waals surface area (Å²) in [5.74, 6) is 0.788. The van der Waals surface area contributed by atoms with E-state index in [1.165, 1.54) is 32.1 Å². The molecule has 4 heteroatoms. The van der Waals surface area contributed by atoms with E-state index in [4.69, 9.17) is 15.3 Å². The van der Waals surface area contributed by atoms with Crippen molar-refractivity contribution in [2.75, 3.05) is 21.3 Å². The van der Waals surface area contributed by atoms with Crippen molar-refractivity contribution in [3.63, 3.8) is 0 Å². The number of hydrogen-bond acceptors (Lipinski definition) is 3. The normalized spacial score (nSPS) is 18.6. The van der Waals surface area contributed by atoms with E-state index < -0.39 is 0 Å². The topological polar surface area (TPSA) is 69.2 Å². The van der Waals surface area contributed by atoms with Crippen molar-refractivity contribution in [1.82, 2.24) is 0 Å². The Morgan fingerprint density at radius 3 is 2.00 bits per heavy atom. The van der Waals surface area contributed by atoms with Crippen molar-refractivity contribution in [1.29, 1.82) is 0 Å². The van der Waals surface area contributed by atoms with Crippen LogP contribution in [0.15, 0.2) is 22.3 Å². The zero-order chi connectivity index (χ0) is 16.1. The summed E-state index contributed by atoms with van der Waals surface area (Å²) in [6.45, 7) is 6.97. The molecule has 2 aliphatic rings. The molecule has 1 atom stereocenters. The van der Waals surface area contributed by atoms with Crippen molar-refractivity contribution in [3.05, 3.63) is 28.7 Å². The van der Waals surface area contributed by atoms with Crippen molar-refractivity contribution in [3.8, 4) is 0 Å². The Balaban J connectivity index is -0.000000414. The maximum Gasteiger partial charge on any atom is 4.00 e. The Labute approximate surface area is 146 Å². The molecular formula is C17H30O3Ti. The largest absolute Gasteiger partial charge is 4.00 e. The van der Waals surface area contributed by atoms with E-state index in [0.717, 1.165) is 27.2 Å². The molecule has 0 saturated carbocycles. The quantitative estimate of drug-likeness (QED) is 0.567. The zero-order valence-electron chi connectivity index (χ0n) is 14.4. The van der Waals surface area contributed by atoms with Crippen LogP contribution in [0.4, 0.5) is 0 Å². The molecule has 0 heterocycles. The van der Waals surface area contributed by atoms with Crippen molar-refractivity contribution < 1.29 is 37.0 Å². The minimum absolute atomic E-state index is 0. The van der Waals surface area contributed by atoms with Crippen LogP contribution >= 0.6 is 0 Å². The van der Waals surface area contributed by atoms with Crippen LogP contribution < -0.4 is 15.3 Å². The summed E-state index contributed by atoms with van der Waals surface area (Å²) in [5.41, 5.74) is 6.72. The van der Waals surface area contributed by atoms with Crippen LogP contribution in [0.3, 0.4) is 0 Å². The fraction of sp³-hybridized carbons (Fsp3) is 0.706. The van der Waals surface area contributed by atoms with E-state index in [0.29, 0.717) is 0 Å². The minimum Gasteiger partial charge on any atom is -0.857 e. The van der Waals surface area contributed by atoms with Gasteiger partial charge < -0.3 is 15.3 Å². The van der Waals surface area contributed by atoms with Crippen molar-refractivity contribution >= 4 is 0 Å². The molecule has 0 spiro atoms. The summed E-state index contributed by atoms with van der Waals surface area (Å²) in [5, 5.41) is 24.8. The molecule has 3 nitrogen and oxygen atoms in total. The molecule has 0 amide bonds. The second-order valence-corrected chi connectivity index (χ2v) is 4.51. The van der Waals surface area contributed by atoms with E-state index in [-0.39, 0.29) is 21.7 Å². The molecule has 2 aliphatic carbocycles. The maximum atomic E-state index is 8.25. The summed E-state index contributed by atoms with van der Waals surface area (Å²) in [6, 6.07) is 0. The molecule has 0 N–H and O–H groups in total. The summed E-state index contributed by atoms with van der Waals surface area (Å²) < 4.78 is 0. The Kier molecular flexibility index (Phi) is 20.1. The van der Waals surface area contributed by atoms with Crippen LogP contribution in [-0.4, -0.2) is 21.3 Å². The first kappa shape index (κ1) is 25.9. The fourth-order valence-electron chi connectivity index (χ4n) is 3.19. The number of rotatable bonds is 2. The standard InChI is InChI=1S/C14H21.3CH3O.Ti/c1-4-11-10(3)12(5-2)14-9-7-6-8-13(11)14;3*1-2;/h8,12H,4-7,9H2,1-3H3;3*1H3;/q4*-1;+4. The van der Waals surface area contributed by atoms with Gasteiger partial charge in [-0.1, -0.05) is 58.8 Å². The molecular weight excluding hydrogens is 300 g/mol. The van der Waals surface area contributed by atoms with E-state index in [9.17, 15) is 0 Å². The van der Waals surface area contributed by atoms with Gasteiger partial charge in [-0.2, -0.15) is 44.5 Å². The Morgan fingerprint density at radius 1 is 1.05 bits per heavy atom. The molecule has 21 heavy (non-hydrogen) atoms. The Morgan fingerprint density at radius 2 is 1.57 bits per heavy atom. The number of hydrogen-bond donors (Lipinski definition) is 0. The van der Waals surface area contributed by atoms with Gasteiger partial charge in [0.25, 0.3) is 0 Å². The third-order valence-corrected chi connectivity index (χ3v) is 3.85. The first-order chi connectivity index (χ1) is 9.79. The second-order valence-electron chi connectivity index (χ2n) is 4.51. The predicted molar refractivity (Wildman–Crippen MR) is 79.7 cm³/mol. The summed E-state index contributed by atoms with van der Waals surface area (Å²) in [6.07, 6.45) is 9.02. The third-order valence-electron chi connectivity index (χ3n) is 3.85. The minimum atomic E-state index is 0. The average Bonchev–Trinajstić information content (AvgIpc) is 2.83. The summed E-state index contributed by atoms with van der Waals surface area (Å²) >= 11 is 0. The van der Waals surface area contributed by atoms with Gasteiger partial charge in [-0.25, -0.2) is 0 Å². The van der Waals surface area contributed by atoms with E-state index in [1.807, 2.05) is 0 Å². The van der Waals surface area contributed by atoms with Crippen LogP contribution in [0.5, 0.6) is 0 Å². The van der Waals surface area contributed by atoms with Crippen LogP contribution in [-0.2, 0) is 21.7 Å². The Hall–Kier alpha value is -0.0557. The zero-order valence-corrected chi connectivity index (χ0v) is 16.0. The molecule has 0 bridgehead atoms. The van der Waals surface area contributed by atoms with E-state index >= 15 is 0 Å². The van der Waals surface area contributed by atoms with Gasteiger partial charge in [0.15, 0.2) is 0 Å². The smallest absolute Gasteiger partial charge is 0.857 e. The van der Waals surface area contributed by atoms with Gasteiger partial charge in [0, 0.05) is 0 Å². The van der Waals surface area contributed by atoms with E-state index in [1.54, 1.807) is 22.3 Å². The van der Waals surface area contributed by atoms with Crippen LogP contribution in [0.2, 0.25) is 0 Å². The summed E-state index contributed by atoms with van der Waals surface area (Å²) in [7, 11) is 2.25. The first-order valence-corrected chi connectivity index (χ1v) is 7.28. The van der Waals surface area contributed by atoms with Crippen molar-refractivity contribution in [2.45, 2.75) is 52.9 Å². The summed E-state index contributed by atoms with van der Waals surface area (Å²) in [4.78, 5) is 0. The average molecular weight is 330 g/mol. The molecule has 0 radical (unpaired) electrons. The second kappa shape index (κ2) is 16.3. The molecule has 2 rings (SSSR count). The number of allylic oxidation sites excluding steroid dienone is 4. The third kappa shape index (κ3) is 6.71. The predicted octanol–water partition coefficient (Wildman–Crippen LogP) is 1.36. The van der Waals surface area contributed by atoms with Gasteiger partial charge in [-0.05, 0) is 0 Å². The van der Waals surface area contributed by atoms with Gasteiger partial charge in [-0.15, -0.1) is 5.57 Å². The van der Waals surface area contributed by atoms with Gasteiger partial charge in [0.2, 0.25) is 0 Å². The van der Waals surface area contributed by atoms with Crippen LogP contribution in [0, 0.1) is 12.3 Å². The van der Waals surface area contributed by atoms with Gasteiger partial charge in [-0.3, -0.25) is 0 Å². The Bertz CT molecular complexity index is 309. The SMILES string of the molecule is CCC1=C(C)C(CC)C2=C1[CH-]CCC2.C[O-].C[O-].C[O-].[Ti+4]. The molecule has 0 aromatic carbocycles.